The Hall–Kier alpha value is -1.43. The molecule has 0 spiro atoms. The van der Waals surface area contributed by atoms with Gasteiger partial charge in [0.25, 0.3) is 0 Å². The largest absolute Gasteiger partial charge is 0.478 e. The summed E-state index contributed by atoms with van der Waals surface area (Å²) in [6, 6.07) is 1.33. The van der Waals surface area contributed by atoms with Gasteiger partial charge in [-0.25, -0.2) is 13.2 Å². The van der Waals surface area contributed by atoms with Crippen LogP contribution in [0.15, 0.2) is 18.5 Å². The summed E-state index contributed by atoms with van der Waals surface area (Å²) in [5, 5.41) is 8.79. The number of sulfone groups is 1. The first kappa shape index (κ1) is 12.6. The standard InChI is InChI=1S/C10H13NO4S/c1-10(2,16(3,14)15)8-4-7(9(12)13)5-11-6-8/h4-6H,1-3H3,(H,12,13). The van der Waals surface area contributed by atoms with Crippen LogP contribution in [0.3, 0.4) is 0 Å². The summed E-state index contributed by atoms with van der Waals surface area (Å²) in [6.45, 7) is 3.04. The topological polar surface area (TPSA) is 84.3 Å². The van der Waals surface area contributed by atoms with Gasteiger partial charge in [0.1, 0.15) is 0 Å². The van der Waals surface area contributed by atoms with Gasteiger partial charge in [-0.2, -0.15) is 0 Å². The maximum absolute atomic E-state index is 11.6. The number of carboxylic acids is 1. The van der Waals surface area contributed by atoms with Gasteiger partial charge in [0.05, 0.1) is 10.3 Å². The Morgan fingerprint density at radius 3 is 2.38 bits per heavy atom. The lowest BCUT2D eigenvalue weighted by molar-refractivity contribution is 0.0696. The van der Waals surface area contributed by atoms with Gasteiger partial charge >= 0.3 is 5.97 Å². The molecule has 0 atom stereocenters. The van der Waals surface area contributed by atoms with Gasteiger partial charge in [0.15, 0.2) is 9.84 Å². The van der Waals surface area contributed by atoms with E-state index in [1.807, 2.05) is 0 Å². The molecule has 16 heavy (non-hydrogen) atoms. The monoisotopic (exact) mass is 243 g/mol. The molecule has 0 unspecified atom stereocenters. The van der Waals surface area contributed by atoms with Crippen molar-refractivity contribution in [1.82, 2.24) is 4.98 Å². The predicted molar refractivity (Wildman–Crippen MR) is 59.1 cm³/mol. The van der Waals surface area contributed by atoms with E-state index in [2.05, 4.69) is 4.98 Å². The molecule has 1 aromatic heterocycles. The molecule has 0 fully saturated rings. The van der Waals surface area contributed by atoms with Crippen LogP contribution in [0.5, 0.6) is 0 Å². The van der Waals surface area contributed by atoms with Crippen molar-refractivity contribution < 1.29 is 18.3 Å². The highest BCUT2D eigenvalue weighted by Crippen LogP contribution is 2.28. The summed E-state index contributed by atoms with van der Waals surface area (Å²) in [5.41, 5.74) is 0.351. The van der Waals surface area contributed by atoms with Crippen LogP contribution in [-0.4, -0.2) is 30.7 Å². The van der Waals surface area contributed by atoms with Gasteiger partial charge in [-0.05, 0) is 25.5 Å². The summed E-state index contributed by atoms with van der Waals surface area (Å²) >= 11 is 0. The van der Waals surface area contributed by atoms with Crippen molar-refractivity contribution in [3.05, 3.63) is 29.6 Å². The van der Waals surface area contributed by atoms with Crippen LogP contribution in [-0.2, 0) is 14.6 Å². The lowest BCUT2D eigenvalue weighted by atomic mass is 10.0. The van der Waals surface area contributed by atoms with E-state index in [0.29, 0.717) is 5.56 Å². The predicted octanol–water partition coefficient (Wildman–Crippen LogP) is 1.06. The molecule has 1 rings (SSSR count). The molecule has 0 aromatic carbocycles. The van der Waals surface area contributed by atoms with E-state index in [0.717, 1.165) is 6.26 Å². The minimum absolute atomic E-state index is 0.0192. The summed E-state index contributed by atoms with van der Waals surface area (Å²) < 4.78 is 22.0. The van der Waals surface area contributed by atoms with Crippen LogP contribution in [0.1, 0.15) is 29.8 Å². The number of pyridine rings is 1. The molecule has 1 heterocycles. The van der Waals surface area contributed by atoms with E-state index in [1.165, 1.54) is 32.3 Å². The first-order valence-electron chi connectivity index (χ1n) is 4.54. The number of nitrogens with zero attached hydrogens (tertiary/aromatic N) is 1. The molecular weight excluding hydrogens is 230 g/mol. The first-order chi connectivity index (χ1) is 7.16. The third-order valence-electron chi connectivity index (χ3n) is 2.61. The van der Waals surface area contributed by atoms with Crippen molar-refractivity contribution >= 4 is 15.8 Å². The smallest absolute Gasteiger partial charge is 0.337 e. The third-order valence-corrected chi connectivity index (χ3v) is 4.70. The Morgan fingerprint density at radius 1 is 1.38 bits per heavy atom. The molecule has 0 saturated carbocycles. The summed E-state index contributed by atoms with van der Waals surface area (Å²) in [6.07, 6.45) is 3.66. The Morgan fingerprint density at radius 2 is 1.94 bits per heavy atom. The van der Waals surface area contributed by atoms with Crippen molar-refractivity contribution in [2.45, 2.75) is 18.6 Å². The maximum atomic E-state index is 11.6. The summed E-state index contributed by atoms with van der Waals surface area (Å²) in [5.74, 6) is -1.13. The Bertz CT molecular complexity index is 519. The molecule has 0 amide bonds. The third kappa shape index (κ3) is 2.21. The highest BCUT2D eigenvalue weighted by molar-refractivity contribution is 7.91. The van der Waals surface area contributed by atoms with Crippen molar-refractivity contribution in [3.8, 4) is 0 Å². The van der Waals surface area contributed by atoms with Gasteiger partial charge in [-0.1, -0.05) is 0 Å². The molecule has 0 aliphatic heterocycles. The summed E-state index contributed by atoms with van der Waals surface area (Å²) in [4.78, 5) is 14.5. The Balaban J connectivity index is 3.35. The maximum Gasteiger partial charge on any atom is 0.337 e. The van der Waals surface area contributed by atoms with Crippen molar-refractivity contribution in [2.24, 2.45) is 0 Å². The fourth-order valence-electron chi connectivity index (χ4n) is 1.10. The fourth-order valence-corrected chi connectivity index (χ4v) is 1.64. The SMILES string of the molecule is CC(C)(c1cncc(C(=O)O)c1)S(C)(=O)=O. The van der Waals surface area contributed by atoms with E-state index in [-0.39, 0.29) is 5.56 Å². The van der Waals surface area contributed by atoms with E-state index < -0.39 is 20.6 Å². The molecule has 0 aliphatic carbocycles. The van der Waals surface area contributed by atoms with Gasteiger partial charge in [0, 0.05) is 18.6 Å². The number of hydrogen-bond donors (Lipinski definition) is 1. The van der Waals surface area contributed by atoms with Crippen LogP contribution in [0.4, 0.5) is 0 Å². The van der Waals surface area contributed by atoms with Crippen molar-refractivity contribution in [1.29, 1.82) is 0 Å². The molecule has 0 saturated heterocycles. The Kier molecular flexibility index (Phi) is 3.05. The lowest BCUT2D eigenvalue weighted by Crippen LogP contribution is -2.28. The molecule has 88 valence electrons. The van der Waals surface area contributed by atoms with Gasteiger partial charge in [0.2, 0.25) is 0 Å². The number of aromatic nitrogens is 1. The number of rotatable bonds is 3. The summed E-state index contributed by atoms with van der Waals surface area (Å²) in [7, 11) is -3.33. The zero-order valence-electron chi connectivity index (χ0n) is 9.26. The van der Waals surface area contributed by atoms with Crippen LogP contribution >= 0.6 is 0 Å². The van der Waals surface area contributed by atoms with E-state index in [1.54, 1.807) is 0 Å². The zero-order valence-corrected chi connectivity index (χ0v) is 10.1. The van der Waals surface area contributed by atoms with E-state index >= 15 is 0 Å². The van der Waals surface area contributed by atoms with Crippen LogP contribution in [0.25, 0.3) is 0 Å². The Labute approximate surface area is 94.1 Å². The van der Waals surface area contributed by atoms with E-state index in [4.69, 9.17) is 5.11 Å². The second-order valence-corrected chi connectivity index (χ2v) is 6.61. The molecule has 1 N–H and O–H groups in total. The van der Waals surface area contributed by atoms with Gasteiger partial charge in [-0.3, -0.25) is 4.98 Å². The molecule has 5 nitrogen and oxygen atoms in total. The van der Waals surface area contributed by atoms with Crippen LogP contribution < -0.4 is 0 Å². The van der Waals surface area contributed by atoms with E-state index in [9.17, 15) is 13.2 Å². The van der Waals surface area contributed by atoms with Crippen molar-refractivity contribution in [2.75, 3.05) is 6.26 Å². The zero-order chi connectivity index (χ0) is 12.6. The van der Waals surface area contributed by atoms with Crippen molar-refractivity contribution in [3.63, 3.8) is 0 Å². The fraction of sp³-hybridized carbons (Fsp3) is 0.400. The number of hydrogen-bond acceptors (Lipinski definition) is 4. The lowest BCUT2D eigenvalue weighted by Gasteiger charge is -2.22. The minimum atomic E-state index is -3.33. The van der Waals surface area contributed by atoms with Crippen LogP contribution in [0, 0.1) is 0 Å². The minimum Gasteiger partial charge on any atom is -0.478 e. The second kappa shape index (κ2) is 3.86. The molecular formula is C10H13NO4S. The van der Waals surface area contributed by atoms with Gasteiger partial charge < -0.3 is 5.11 Å². The van der Waals surface area contributed by atoms with Gasteiger partial charge in [-0.15, -0.1) is 0 Å². The number of aromatic carboxylic acids is 1. The molecule has 0 bridgehead atoms. The molecule has 0 radical (unpaired) electrons. The second-order valence-electron chi connectivity index (χ2n) is 4.05. The quantitative estimate of drug-likeness (QED) is 0.858. The molecule has 0 aliphatic rings. The average Bonchev–Trinajstić information content (AvgIpc) is 2.16. The number of carboxylic acid groups (broad SMARTS) is 1. The molecule has 1 aromatic rings. The average molecular weight is 243 g/mol. The highest BCUT2D eigenvalue weighted by atomic mass is 32.2. The highest BCUT2D eigenvalue weighted by Gasteiger charge is 2.33. The number of carbonyl (C=O) groups is 1. The molecule has 6 heteroatoms. The normalized spacial score (nSPS) is 12.4. The first-order valence-corrected chi connectivity index (χ1v) is 6.44. The van der Waals surface area contributed by atoms with Crippen LogP contribution in [0.2, 0.25) is 0 Å².